The monoisotopic (exact) mass is 362 g/mol. The fourth-order valence-corrected chi connectivity index (χ4v) is 3.57. The summed E-state index contributed by atoms with van der Waals surface area (Å²) in [5.41, 5.74) is 1.08. The molecule has 0 radical (unpaired) electrons. The first-order valence-electron chi connectivity index (χ1n) is 8.24. The number of rotatable bonds is 7. The van der Waals surface area contributed by atoms with E-state index >= 15 is 0 Å². The highest BCUT2D eigenvalue weighted by Gasteiger charge is 2.24. The Morgan fingerprint density at radius 1 is 1.32 bits per heavy atom. The number of ether oxygens (including phenoxy) is 1. The molecule has 1 atom stereocenters. The Bertz CT molecular complexity index is 674. The maximum absolute atomic E-state index is 12.0. The van der Waals surface area contributed by atoms with Crippen LogP contribution in [-0.4, -0.2) is 54.4 Å². The number of amides is 1. The summed E-state index contributed by atoms with van der Waals surface area (Å²) < 4.78 is 10.8. The molecule has 1 aliphatic rings. The van der Waals surface area contributed by atoms with Crippen LogP contribution in [0.4, 0.5) is 6.01 Å². The fraction of sp³-hybridized carbons (Fsp3) is 0.471. The van der Waals surface area contributed by atoms with Crippen LogP contribution in [-0.2, 0) is 16.0 Å². The van der Waals surface area contributed by atoms with Crippen molar-refractivity contribution in [3.8, 4) is 0 Å². The molecule has 1 saturated heterocycles. The van der Waals surface area contributed by atoms with E-state index in [2.05, 4.69) is 20.4 Å². The summed E-state index contributed by atoms with van der Waals surface area (Å²) in [5.74, 6) is 2.31. The van der Waals surface area contributed by atoms with Gasteiger partial charge in [0.1, 0.15) is 12.6 Å². The molecule has 134 valence electrons. The molecule has 0 saturated carbocycles. The summed E-state index contributed by atoms with van der Waals surface area (Å²) in [6.07, 6.45) is 0.577. The summed E-state index contributed by atoms with van der Waals surface area (Å²) >= 11 is 1.92. The largest absolute Gasteiger partial charge is 0.406 e. The van der Waals surface area contributed by atoms with Gasteiger partial charge in [0.25, 0.3) is 0 Å². The Morgan fingerprint density at radius 3 is 2.80 bits per heavy atom. The highest BCUT2D eigenvalue weighted by atomic mass is 32.2. The molecule has 0 aliphatic carbocycles. The van der Waals surface area contributed by atoms with Gasteiger partial charge < -0.3 is 19.4 Å². The standard InChI is InChI=1S/C17H22N4O3S/c1-23-12-15(22)18-14(11-13-5-3-2-4-6-13)16-19-20-17(24-16)21-7-9-25-10-8-21/h2-6,14H,7-12H2,1H3,(H,18,22)/t14-/m0/s1. The lowest BCUT2D eigenvalue weighted by molar-refractivity contribution is -0.125. The zero-order valence-corrected chi connectivity index (χ0v) is 15.0. The van der Waals surface area contributed by atoms with E-state index in [9.17, 15) is 4.79 Å². The molecule has 0 unspecified atom stereocenters. The van der Waals surface area contributed by atoms with Gasteiger partial charge in [-0.2, -0.15) is 11.8 Å². The van der Waals surface area contributed by atoms with Crippen LogP contribution in [0.2, 0.25) is 0 Å². The van der Waals surface area contributed by atoms with E-state index in [1.807, 2.05) is 42.1 Å². The van der Waals surface area contributed by atoms with Crippen LogP contribution in [0.15, 0.2) is 34.7 Å². The second-order valence-corrected chi connectivity index (χ2v) is 6.99. The van der Waals surface area contributed by atoms with Crippen molar-refractivity contribution in [3.63, 3.8) is 0 Å². The number of hydrogen-bond donors (Lipinski definition) is 1. The second-order valence-electron chi connectivity index (χ2n) is 5.77. The van der Waals surface area contributed by atoms with Gasteiger partial charge in [0.05, 0.1) is 0 Å². The lowest BCUT2D eigenvalue weighted by Gasteiger charge is -2.24. The highest BCUT2D eigenvalue weighted by Crippen LogP contribution is 2.23. The molecular formula is C17H22N4O3S. The van der Waals surface area contributed by atoms with Gasteiger partial charge in [-0.1, -0.05) is 35.4 Å². The van der Waals surface area contributed by atoms with E-state index < -0.39 is 0 Å². The third kappa shape index (κ3) is 4.96. The number of anilines is 1. The van der Waals surface area contributed by atoms with E-state index in [1.165, 1.54) is 7.11 Å². The number of thioether (sulfide) groups is 1. The van der Waals surface area contributed by atoms with Crippen molar-refractivity contribution in [2.24, 2.45) is 0 Å². The first kappa shape index (κ1) is 17.8. The maximum Gasteiger partial charge on any atom is 0.318 e. The maximum atomic E-state index is 12.0. The Kier molecular flexibility index (Phi) is 6.30. The lowest BCUT2D eigenvalue weighted by Crippen LogP contribution is -2.33. The van der Waals surface area contributed by atoms with Gasteiger partial charge in [0.15, 0.2) is 0 Å². The zero-order valence-electron chi connectivity index (χ0n) is 14.2. The summed E-state index contributed by atoms with van der Waals surface area (Å²) in [5, 5.41) is 11.3. The second kappa shape index (κ2) is 8.87. The molecule has 0 bridgehead atoms. The van der Waals surface area contributed by atoms with E-state index in [0.717, 1.165) is 30.2 Å². The average Bonchev–Trinajstić information content (AvgIpc) is 3.13. The molecule has 2 heterocycles. The van der Waals surface area contributed by atoms with Crippen molar-refractivity contribution in [3.05, 3.63) is 41.8 Å². The van der Waals surface area contributed by atoms with E-state index in [-0.39, 0.29) is 18.6 Å². The molecule has 7 nitrogen and oxygen atoms in total. The quantitative estimate of drug-likeness (QED) is 0.802. The molecule has 1 fully saturated rings. The van der Waals surface area contributed by atoms with Gasteiger partial charge in [-0.25, -0.2) is 0 Å². The molecular weight excluding hydrogens is 340 g/mol. The first-order chi connectivity index (χ1) is 12.3. The fourth-order valence-electron chi connectivity index (χ4n) is 2.67. The molecule has 1 aliphatic heterocycles. The van der Waals surface area contributed by atoms with Crippen LogP contribution < -0.4 is 10.2 Å². The Hall–Kier alpha value is -2.06. The van der Waals surface area contributed by atoms with E-state index in [1.54, 1.807) is 0 Å². The van der Waals surface area contributed by atoms with Gasteiger partial charge in [-0.15, -0.1) is 5.10 Å². The predicted octanol–water partition coefficient (Wildman–Crippen LogP) is 1.67. The highest BCUT2D eigenvalue weighted by molar-refractivity contribution is 7.99. The molecule has 25 heavy (non-hydrogen) atoms. The number of carbonyl (C=O) groups is 1. The van der Waals surface area contributed by atoms with Crippen LogP contribution in [0.5, 0.6) is 0 Å². The Labute approximate surface area is 151 Å². The number of benzene rings is 1. The SMILES string of the molecule is COCC(=O)N[C@@H](Cc1ccccc1)c1nnc(N2CCSCC2)o1. The van der Waals surface area contributed by atoms with Crippen molar-refractivity contribution in [1.29, 1.82) is 0 Å². The van der Waals surface area contributed by atoms with E-state index in [0.29, 0.717) is 18.3 Å². The van der Waals surface area contributed by atoms with E-state index in [4.69, 9.17) is 9.15 Å². The normalized spacial score (nSPS) is 15.8. The molecule has 1 N–H and O–H groups in total. The third-order valence-corrected chi connectivity index (χ3v) is 4.85. The van der Waals surface area contributed by atoms with Crippen LogP contribution >= 0.6 is 11.8 Å². The molecule has 0 spiro atoms. The summed E-state index contributed by atoms with van der Waals surface area (Å²) in [6.45, 7) is 1.78. The predicted molar refractivity (Wildman–Crippen MR) is 96.7 cm³/mol. The minimum Gasteiger partial charge on any atom is -0.406 e. The van der Waals surface area contributed by atoms with Crippen molar-refractivity contribution in [2.45, 2.75) is 12.5 Å². The van der Waals surface area contributed by atoms with Gasteiger partial charge in [0.2, 0.25) is 11.8 Å². The number of hydrogen-bond acceptors (Lipinski definition) is 7. The minimum atomic E-state index is -0.384. The minimum absolute atomic E-state index is 0.00433. The zero-order chi connectivity index (χ0) is 17.5. The average molecular weight is 362 g/mol. The molecule has 2 aromatic rings. The number of carbonyl (C=O) groups excluding carboxylic acids is 1. The summed E-state index contributed by atoms with van der Waals surface area (Å²) in [6, 6.07) is 10.0. The lowest BCUT2D eigenvalue weighted by atomic mass is 10.1. The smallest absolute Gasteiger partial charge is 0.318 e. The van der Waals surface area contributed by atoms with Crippen molar-refractivity contribution in [1.82, 2.24) is 15.5 Å². The topological polar surface area (TPSA) is 80.5 Å². The molecule has 1 aromatic heterocycles. The number of methoxy groups -OCH3 is 1. The number of nitrogens with zero attached hydrogens (tertiary/aromatic N) is 3. The van der Waals surface area contributed by atoms with Crippen LogP contribution in [0.25, 0.3) is 0 Å². The van der Waals surface area contributed by atoms with Gasteiger partial charge in [0, 0.05) is 38.1 Å². The van der Waals surface area contributed by atoms with Crippen LogP contribution in [0.3, 0.4) is 0 Å². The van der Waals surface area contributed by atoms with Crippen molar-refractivity contribution < 1.29 is 13.9 Å². The van der Waals surface area contributed by atoms with Crippen molar-refractivity contribution in [2.75, 3.05) is 43.2 Å². The molecule has 1 aromatic carbocycles. The summed E-state index contributed by atoms with van der Waals surface area (Å²) in [4.78, 5) is 14.1. The van der Waals surface area contributed by atoms with Gasteiger partial charge >= 0.3 is 6.01 Å². The molecule has 8 heteroatoms. The molecule has 1 amide bonds. The third-order valence-electron chi connectivity index (χ3n) is 3.90. The van der Waals surface area contributed by atoms with Gasteiger partial charge in [-0.05, 0) is 5.56 Å². The van der Waals surface area contributed by atoms with Crippen LogP contribution in [0, 0.1) is 0 Å². The number of aromatic nitrogens is 2. The van der Waals surface area contributed by atoms with Crippen LogP contribution in [0.1, 0.15) is 17.5 Å². The Balaban J connectivity index is 1.75. The first-order valence-corrected chi connectivity index (χ1v) is 9.40. The number of nitrogens with one attached hydrogen (secondary N) is 1. The summed E-state index contributed by atoms with van der Waals surface area (Å²) in [7, 11) is 1.49. The van der Waals surface area contributed by atoms with Gasteiger partial charge in [-0.3, -0.25) is 4.79 Å². The Morgan fingerprint density at radius 2 is 2.08 bits per heavy atom. The van der Waals surface area contributed by atoms with Crippen molar-refractivity contribution >= 4 is 23.7 Å². The molecule has 3 rings (SSSR count).